The Balaban J connectivity index is -0.000000250. The monoisotopic (exact) mass is 474 g/mol. The topological polar surface area (TPSA) is 0 Å². The molecule has 2 nitrogen and oxygen atoms in total. The zero-order chi connectivity index (χ0) is 17.5. The quantitative estimate of drug-likeness (QED) is 0.328. The molecule has 0 saturated heterocycles. The minimum atomic E-state index is 0. The van der Waals surface area contributed by atoms with Crippen LogP contribution >= 0.6 is 0 Å². The van der Waals surface area contributed by atoms with Crippen molar-refractivity contribution in [3.8, 4) is 0 Å². The second-order valence-corrected chi connectivity index (χ2v) is 8.33. The molecule has 0 aliphatic rings. The van der Waals surface area contributed by atoms with Crippen molar-refractivity contribution in [3.05, 3.63) is 0 Å². The molecule has 0 aliphatic heterocycles. The molecule has 4 heteroatoms. The fraction of sp³-hybridized carbons (Fsp3) is 1.00. The molecule has 0 heterocycles. The summed E-state index contributed by atoms with van der Waals surface area (Å²) in [7, 11) is 8.50. The lowest BCUT2D eigenvalue weighted by Gasteiger charge is -2.39. The second kappa shape index (κ2) is 20.2. The predicted octanol–water partition coefficient (Wildman–Crippen LogP) is -0.666. The molecule has 0 radical (unpaired) electrons. The minimum absolute atomic E-state index is 0. The third-order valence-electron chi connectivity index (χ3n) is 3.94. The van der Waals surface area contributed by atoms with E-state index in [9.17, 15) is 0 Å². The first-order valence-electron chi connectivity index (χ1n) is 9.88. The highest BCUT2D eigenvalue weighted by molar-refractivity contribution is 4.49. The molecule has 0 saturated carbocycles. The van der Waals surface area contributed by atoms with Crippen molar-refractivity contribution in [2.75, 3.05) is 54.4 Å². The molecule has 0 spiro atoms. The lowest BCUT2D eigenvalue weighted by Crippen LogP contribution is -3.00. The molecule has 0 atom stereocenters. The molecule has 24 heavy (non-hydrogen) atoms. The molecule has 0 aromatic carbocycles. The molecule has 0 amide bonds. The largest absolute Gasteiger partial charge is 1.00 e. The lowest BCUT2D eigenvalue weighted by atomic mass is 10.1. The summed E-state index contributed by atoms with van der Waals surface area (Å²) in [4.78, 5) is 0. The number of rotatable bonds is 12. The van der Waals surface area contributed by atoms with Gasteiger partial charge in [0.1, 0.15) is 0 Å². The third kappa shape index (κ3) is 25.1. The van der Waals surface area contributed by atoms with Crippen LogP contribution in [-0.4, -0.2) is 63.3 Å². The molecule has 0 bridgehead atoms. The molecule has 0 rings (SSSR count). The molecule has 152 valence electrons. The van der Waals surface area contributed by atoms with Gasteiger partial charge in [0.15, 0.2) is 0 Å². The van der Waals surface area contributed by atoms with E-state index >= 15 is 0 Å². The number of halogens is 2. The van der Waals surface area contributed by atoms with Crippen LogP contribution in [0.1, 0.15) is 79.1 Å². The number of nitrogens with zero attached hydrogens (tertiary/aromatic N) is 2. The van der Waals surface area contributed by atoms with Gasteiger partial charge in [-0.2, -0.15) is 0 Å². The normalized spacial score (nSPS) is 11.0. The van der Waals surface area contributed by atoms with E-state index in [1.54, 1.807) is 0 Å². The minimum Gasteiger partial charge on any atom is -1.00 e. The SMILES string of the molecule is CCCC[N+](CCCC)(CCCC)CCCC.C[N+](C)(C)C.[Br-].[Br-]. The summed E-state index contributed by atoms with van der Waals surface area (Å²) in [6.07, 6.45) is 11.1. The molecule has 0 unspecified atom stereocenters. The van der Waals surface area contributed by atoms with Crippen molar-refractivity contribution < 1.29 is 42.9 Å². The van der Waals surface area contributed by atoms with Gasteiger partial charge in [-0.3, -0.25) is 0 Å². The molecular weight excluding hydrogens is 428 g/mol. The summed E-state index contributed by atoms with van der Waals surface area (Å²) < 4.78 is 2.42. The van der Waals surface area contributed by atoms with Gasteiger partial charge in [-0.05, 0) is 25.7 Å². The van der Waals surface area contributed by atoms with Gasteiger partial charge >= 0.3 is 0 Å². The molecule has 0 aromatic rings. The van der Waals surface area contributed by atoms with Crippen molar-refractivity contribution in [1.82, 2.24) is 0 Å². The van der Waals surface area contributed by atoms with Gasteiger partial charge in [0, 0.05) is 0 Å². The van der Waals surface area contributed by atoms with E-state index in [-0.39, 0.29) is 34.0 Å². The lowest BCUT2D eigenvalue weighted by molar-refractivity contribution is -0.929. The maximum atomic E-state index is 2.33. The Morgan fingerprint density at radius 2 is 0.625 bits per heavy atom. The molecule has 0 N–H and O–H groups in total. The van der Waals surface area contributed by atoms with Crippen LogP contribution in [0.5, 0.6) is 0 Å². The van der Waals surface area contributed by atoms with E-state index in [2.05, 4.69) is 55.9 Å². The van der Waals surface area contributed by atoms with E-state index in [1.165, 1.54) is 82.0 Å². The number of hydrogen-bond acceptors (Lipinski definition) is 0. The third-order valence-corrected chi connectivity index (χ3v) is 3.94. The Labute approximate surface area is 176 Å². The van der Waals surface area contributed by atoms with Crippen LogP contribution in [0.15, 0.2) is 0 Å². The summed E-state index contributed by atoms with van der Waals surface area (Å²) in [6.45, 7) is 15.0. The van der Waals surface area contributed by atoms with Gasteiger partial charge in [-0.15, -0.1) is 0 Å². The van der Waals surface area contributed by atoms with Crippen molar-refractivity contribution in [2.45, 2.75) is 79.1 Å². The van der Waals surface area contributed by atoms with Crippen LogP contribution in [0.2, 0.25) is 0 Å². The summed E-state index contributed by atoms with van der Waals surface area (Å²) in [6, 6.07) is 0. The van der Waals surface area contributed by atoms with Gasteiger partial charge in [-0.25, -0.2) is 0 Å². The van der Waals surface area contributed by atoms with Crippen molar-refractivity contribution in [3.63, 3.8) is 0 Å². The van der Waals surface area contributed by atoms with Gasteiger partial charge in [0.05, 0.1) is 54.4 Å². The van der Waals surface area contributed by atoms with E-state index in [0.717, 1.165) is 4.48 Å². The zero-order valence-electron chi connectivity index (χ0n) is 18.1. The average Bonchev–Trinajstić information content (AvgIpc) is 2.44. The van der Waals surface area contributed by atoms with E-state index in [1.807, 2.05) is 0 Å². The van der Waals surface area contributed by atoms with E-state index in [0.29, 0.717) is 0 Å². The Bertz CT molecular complexity index is 185. The van der Waals surface area contributed by atoms with Crippen LogP contribution in [0.3, 0.4) is 0 Å². The van der Waals surface area contributed by atoms with Gasteiger partial charge in [0.25, 0.3) is 0 Å². The summed E-state index contributed by atoms with van der Waals surface area (Å²) >= 11 is 0. The first kappa shape index (κ1) is 32.5. The van der Waals surface area contributed by atoms with Crippen LogP contribution in [0.25, 0.3) is 0 Å². The van der Waals surface area contributed by atoms with Gasteiger partial charge in [-0.1, -0.05) is 53.4 Å². The summed E-state index contributed by atoms with van der Waals surface area (Å²) in [5.41, 5.74) is 0. The van der Waals surface area contributed by atoms with Crippen molar-refractivity contribution >= 4 is 0 Å². The van der Waals surface area contributed by atoms with Crippen molar-refractivity contribution in [2.24, 2.45) is 0 Å². The highest BCUT2D eigenvalue weighted by atomic mass is 79.9. The smallest absolute Gasteiger partial charge is 0.0786 e. The number of unbranched alkanes of at least 4 members (excludes halogenated alkanes) is 4. The van der Waals surface area contributed by atoms with Crippen LogP contribution in [0, 0.1) is 0 Å². The maximum Gasteiger partial charge on any atom is 0.0786 e. The first-order chi connectivity index (χ1) is 10.2. The van der Waals surface area contributed by atoms with Gasteiger partial charge in [0.2, 0.25) is 0 Å². The number of quaternary nitrogens is 2. The van der Waals surface area contributed by atoms with Crippen LogP contribution in [-0.2, 0) is 0 Å². The number of hydrogen-bond donors (Lipinski definition) is 0. The Morgan fingerprint density at radius 3 is 0.750 bits per heavy atom. The molecule has 0 aromatic heterocycles. The molecular formula is C20H48Br2N2. The van der Waals surface area contributed by atoms with Crippen LogP contribution < -0.4 is 34.0 Å². The van der Waals surface area contributed by atoms with E-state index in [4.69, 9.17) is 0 Å². The first-order valence-corrected chi connectivity index (χ1v) is 9.88. The Hall–Kier alpha value is 0.880. The Kier molecular flexibility index (Phi) is 27.4. The standard InChI is InChI=1S/C16H36N.C4H12N.2BrH/c1-5-9-13-17(14-10-6-2,15-11-7-3)16-12-8-4;1-5(2,3)4;;/h5-16H2,1-4H3;1-4H3;2*1H/q2*+1;;/p-2. The van der Waals surface area contributed by atoms with Crippen molar-refractivity contribution in [1.29, 1.82) is 0 Å². The zero-order valence-corrected chi connectivity index (χ0v) is 21.3. The average molecular weight is 476 g/mol. The second-order valence-electron chi connectivity index (χ2n) is 8.33. The maximum absolute atomic E-state index is 2.33. The fourth-order valence-electron chi connectivity index (χ4n) is 2.64. The Morgan fingerprint density at radius 1 is 0.458 bits per heavy atom. The summed E-state index contributed by atoms with van der Waals surface area (Å²) in [5.74, 6) is 0. The van der Waals surface area contributed by atoms with Gasteiger partial charge < -0.3 is 42.9 Å². The molecule has 0 aliphatic carbocycles. The fourth-order valence-corrected chi connectivity index (χ4v) is 2.64. The van der Waals surface area contributed by atoms with E-state index < -0.39 is 0 Å². The predicted molar refractivity (Wildman–Crippen MR) is 103 cm³/mol. The highest BCUT2D eigenvalue weighted by Crippen LogP contribution is 2.16. The highest BCUT2D eigenvalue weighted by Gasteiger charge is 2.24. The molecule has 0 fully saturated rings. The van der Waals surface area contributed by atoms with Crippen LogP contribution in [0.4, 0.5) is 0 Å². The summed E-state index contributed by atoms with van der Waals surface area (Å²) in [5, 5.41) is 0.